The number of primary amides is 1. The van der Waals surface area contributed by atoms with Crippen LogP contribution < -0.4 is 15.2 Å². The van der Waals surface area contributed by atoms with Crippen molar-refractivity contribution in [1.82, 2.24) is 9.97 Å². The number of carbonyl (C=O) groups excluding carboxylic acids is 1. The van der Waals surface area contributed by atoms with Gasteiger partial charge in [0.15, 0.2) is 0 Å². The van der Waals surface area contributed by atoms with Crippen LogP contribution in [0.15, 0.2) is 89.8 Å². The number of aromatic nitrogens is 2. The first-order valence-corrected chi connectivity index (χ1v) is 14.7. The fourth-order valence-corrected chi connectivity index (χ4v) is 5.51. The number of carbonyl (C=O) groups is 1. The van der Waals surface area contributed by atoms with Crippen LogP contribution in [0.25, 0.3) is 11.3 Å². The zero-order valence-corrected chi connectivity index (χ0v) is 23.7. The summed E-state index contributed by atoms with van der Waals surface area (Å²) in [5.41, 5.74) is 8.95. The first-order valence-electron chi connectivity index (χ1n) is 13.2. The summed E-state index contributed by atoms with van der Waals surface area (Å²) in [6.45, 7) is 6.84. The summed E-state index contributed by atoms with van der Waals surface area (Å²) in [5.74, 6) is 0.196. The van der Waals surface area contributed by atoms with E-state index in [4.69, 9.17) is 10.5 Å². The monoisotopic (exact) mass is 558 g/mol. The van der Waals surface area contributed by atoms with Crippen molar-refractivity contribution in [1.29, 1.82) is 0 Å². The molecule has 0 fully saturated rings. The largest absolute Gasteiger partial charge is 0.477 e. The number of hydrogen-bond acceptors (Lipinski definition) is 6. The zero-order valence-electron chi connectivity index (χ0n) is 22.9. The molecular weight excluding hydrogens is 524 g/mol. The number of benzene rings is 3. The molecule has 1 heterocycles. The molecule has 3 N–H and O–H groups in total. The molecule has 1 atom stereocenters. The number of hydrogen-bond donors (Lipinski definition) is 2. The SMILES string of the molecule is CC(C)C[C@@H](C)COc1cc(-c2ccccc2Cc2ccccc2)nc(NS(=O)(=O)c2cccc(C(N)=O)c2)n1. The number of anilines is 1. The van der Waals surface area contributed by atoms with Crippen LogP contribution in [0.4, 0.5) is 5.95 Å². The quantitative estimate of drug-likeness (QED) is 0.230. The third kappa shape index (κ3) is 7.66. The molecule has 3 aromatic carbocycles. The van der Waals surface area contributed by atoms with Crippen LogP contribution in [-0.2, 0) is 16.4 Å². The van der Waals surface area contributed by atoms with E-state index >= 15 is 0 Å². The predicted octanol–water partition coefficient (Wildman–Crippen LogP) is 5.70. The van der Waals surface area contributed by atoms with E-state index in [0.29, 0.717) is 24.6 Å². The van der Waals surface area contributed by atoms with Crippen LogP contribution in [0.3, 0.4) is 0 Å². The second-order valence-corrected chi connectivity index (χ2v) is 12.0. The van der Waals surface area contributed by atoms with Gasteiger partial charge < -0.3 is 10.5 Å². The first kappa shape index (κ1) is 28.8. The molecule has 1 amide bonds. The smallest absolute Gasteiger partial charge is 0.264 e. The highest BCUT2D eigenvalue weighted by atomic mass is 32.2. The summed E-state index contributed by atoms with van der Waals surface area (Å²) in [7, 11) is -4.13. The highest BCUT2D eigenvalue weighted by Crippen LogP contribution is 2.29. The molecule has 0 radical (unpaired) electrons. The van der Waals surface area contributed by atoms with Crippen molar-refractivity contribution in [2.45, 2.75) is 38.5 Å². The lowest BCUT2D eigenvalue weighted by Crippen LogP contribution is -2.18. The molecule has 4 aromatic rings. The molecule has 9 heteroatoms. The standard InChI is InChI=1S/C31H34N4O4S/c1-21(2)16-22(3)20-39-29-19-28(27-15-8-7-12-24(27)17-23-10-5-4-6-11-23)33-31(34-29)35-40(37,38)26-14-9-13-25(18-26)30(32)36/h4-15,18-19,21-22H,16-17,20H2,1-3H3,(H2,32,36)(H,33,34,35)/t22-/m1/s1. The van der Waals surface area contributed by atoms with E-state index in [1.54, 1.807) is 6.07 Å². The lowest BCUT2D eigenvalue weighted by atomic mass is 9.98. The third-order valence-corrected chi connectivity index (χ3v) is 7.60. The topological polar surface area (TPSA) is 124 Å². The van der Waals surface area contributed by atoms with Gasteiger partial charge in [-0.3, -0.25) is 4.79 Å². The van der Waals surface area contributed by atoms with Crippen molar-refractivity contribution in [3.05, 3.63) is 102 Å². The molecule has 8 nitrogen and oxygen atoms in total. The van der Waals surface area contributed by atoms with Crippen molar-refractivity contribution < 1.29 is 17.9 Å². The summed E-state index contributed by atoms with van der Waals surface area (Å²) in [6.07, 6.45) is 1.65. The summed E-state index contributed by atoms with van der Waals surface area (Å²) in [4.78, 5) is 20.4. The van der Waals surface area contributed by atoms with Crippen molar-refractivity contribution in [2.75, 3.05) is 11.3 Å². The van der Waals surface area contributed by atoms with Gasteiger partial charge in [-0.1, -0.05) is 81.4 Å². The van der Waals surface area contributed by atoms with E-state index in [0.717, 1.165) is 23.1 Å². The van der Waals surface area contributed by atoms with Gasteiger partial charge in [-0.2, -0.15) is 4.98 Å². The Kier molecular flexibility index (Phi) is 9.16. The lowest BCUT2D eigenvalue weighted by Gasteiger charge is -2.16. The van der Waals surface area contributed by atoms with Gasteiger partial charge in [-0.25, -0.2) is 18.1 Å². The van der Waals surface area contributed by atoms with Crippen LogP contribution in [-0.4, -0.2) is 30.9 Å². The molecule has 0 aliphatic rings. The second-order valence-electron chi connectivity index (χ2n) is 10.3. The van der Waals surface area contributed by atoms with Crippen molar-refractivity contribution in [3.63, 3.8) is 0 Å². The van der Waals surface area contributed by atoms with E-state index in [9.17, 15) is 13.2 Å². The number of rotatable bonds is 12. The Hall–Kier alpha value is -4.24. The molecule has 0 aliphatic heterocycles. The van der Waals surface area contributed by atoms with E-state index in [-0.39, 0.29) is 28.2 Å². The number of amides is 1. The average Bonchev–Trinajstić information content (AvgIpc) is 2.92. The number of nitrogens with two attached hydrogens (primary N) is 1. The van der Waals surface area contributed by atoms with Crippen molar-refractivity contribution >= 4 is 21.9 Å². The predicted molar refractivity (Wildman–Crippen MR) is 157 cm³/mol. The average molecular weight is 559 g/mol. The third-order valence-electron chi connectivity index (χ3n) is 6.28. The Morgan fingerprint density at radius 1 is 0.925 bits per heavy atom. The van der Waals surface area contributed by atoms with Gasteiger partial charge >= 0.3 is 0 Å². The van der Waals surface area contributed by atoms with E-state index < -0.39 is 15.9 Å². The number of nitrogens with one attached hydrogen (secondary N) is 1. The van der Waals surface area contributed by atoms with Gasteiger partial charge in [-0.05, 0) is 54.0 Å². The second kappa shape index (κ2) is 12.7. The minimum atomic E-state index is -4.13. The number of ether oxygens (including phenoxy) is 1. The number of sulfonamides is 1. The Labute approximate surface area is 235 Å². The van der Waals surface area contributed by atoms with Gasteiger partial charge in [-0.15, -0.1) is 0 Å². The van der Waals surface area contributed by atoms with E-state index in [1.165, 1.54) is 24.3 Å². The summed E-state index contributed by atoms with van der Waals surface area (Å²) < 4.78 is 35.0. The zero-order chi connectivity index (χ0) is 28.7. The van der Waals surface area contributed by atoms with Gasteiger partial charge in [0.25, 0.3) is 10.0 Å². The highest BCUT2D eigenvalue weighted by molar-refractivity contribution is 7.92. The maximum absolute atomic E-state index is 13.2. The Morgan fingerprint density at radius 3 is 2.38 bits per heavy atom. The fraction of sp³-hybridized carbons (Fsp3) is 0.258. The van der Waals surface area contributed by atoms with Gasteiger partial charge in [0.1, 0.15) is 0 Å². The van der Waals surface area contributed by atoms with Gasteiger partial charge in [0, 0.05) is 17.2 Å². The fourth-order valence-electron chi connectivity index (χ4n) is 4.52. The summed E-state index contributed by atoms with van der Waals surface area (Å²) in [6, 6.07) is 25.1. The minimum absolute atomic E-state index is 0.0792. The molecule has 40 heavy (non-hydrogen) atoms. The van der Waals surface area contributed by atoms with Crippen LogP contribution in [0, 0.1) is 11.8 Å². The van der Waals surface area contributed by atoms with Crippen LogP contribution in [0.2, 0.25) is 0 Å². The van der Waals surface area contributed by atoms with Crippen LogP contribution >= 0.6 is 0 Å². The van der Waals surface area contributed by atoms with Crippen LogP contribution in [0.5, 0.6) is 5.88 Å². The molecule has 208 valence electrons. The molecular formula is C31H34N4O4S. The molecule has 0 spiro atoms. The van der Waals surface area contributed by atoms with Crippen molar-refractivity contribution in [3.8, 4) is 17.1 Å². The lowest BCUT2D eigenvalue weighted by molar-refractivity contribution is 0.1000. The molecule has 0 unspecified atom stereocenters. The first-order chi connectivity index (χ1) is 19.1. The van der Waals surface area contributed by atoms with Crippen molar-refractivity contribution in [2.24, 2.45) is 17.6 Å². The Bertz CT molecular complexity index is 1570. The Balaban J connectivity index is 1.72. The van der Waals surface area contributed by atoms with E-state index in [1.807, 2.05) is 42.5 Å². The normalized spacial score (nSPS) is 12.2. The maximum atomic E-state index is 13.2. The van der Waals surface area contributed by atoms with Gasteiger partial charge in [0.2, 0.25) is 17.7 Å². The molecule has 0 aliphatic carbocycles. The number of nitrogens with zero attached hydrogens (tertiary/aromatic N) is 2. The molecule has 0 saturated heterocycles. The van der Waals surface area contributed by atoms with E-state index in [2.05, 4.69) is 47.6 Å². The van der Waals surface area contributed by atoms with Gasteiger partial charge in [0.05, 0.1) is 17.2 Å². The molecule has 1 aromatic heterocycles. The highest BCUT2D eigenvalue weighted by Gasteiger charge is 2.20. The molecule has 0 saturated carbocycles. The summed E-state index contributed by atoms with van der Waals surface area (Å²) >= 11 is 0. The molecule has 0 bridgehead atoms. The minimum Gasteiger partial charge on any atom is -0.477 e. The summed E-state index contributed by atoms with van der Waals surface area (Å²) in [5, 5.41) is 0. The molecule has 4 rings (SSSR count). The maximum Gasteiger partial charge on any atom is 0.264 e. The Morgan fingerprint density at radius 2 is 1.65 bits per heavy atom. The van der Waals surface area contributed by atoms with Crippen LogP contribution in [0.1, 0.15) is 48.7 Å².